The van der Waals surface area contributed by atoms with Gasteiger partial charge in [0.05, 0.1) is 5.69 Å². The molecule has 0 bridgehead atoms. The highest BCUT2D eigenvalue weighted by molar-refractivity contribution is 5.25. The second-order valence-electron chi connectivity index (χ2n) is 4.98. The van der Waals surface area contributed by atoms with Gasteiger partial charge in [0.1, 0.15) is 5.82 Å². The predicted molar refractivity (Wildman–Crippen MR) is 55.8 cm³/mol. The molecule has 76 valence electrons. The quantitative estimate of drug-likeness (QED) is 0.679. The summed E-state index contributed by atoms with van der Waals surface area (Å²) in [6.07, 6.45) is 3.98. The largest absolute Gasteiger partial charge is 0.323 e. The Morgan fingerprint density at radius 3 is 2.93 bits per heavy atom. The van der Waals surface area contributed by atoms with Crippen LogP contribution in [0.15, 0.2) is 6.20 Å². The van der Waals surface area contributed by atoms with E-state index in [2.05, 4.69) is 23.8 Å². The van der Waals surface area contributed by atoms with E-state index in [0.29, 0.717) is 0 Å². The summed E-state index contributed by atoms with van der Waals surface area (Å²) in [7, 11) is 0. The van der Waals surface area contributed by atoms with E-state index in [1.165, 1.54) is 5.56 Å². The van der Waals surface area contributed by atoms with Crippen molar-refractivity contribution in [3.05, 3.63) is 23.3 Å². The number of hydrogen-bond donors (Lipinski definition) is 1. The molecule has 1 aromatic heterocycles. The van der Waals surface area contributed by atoms with Gasteiger partial charge in [0.15, 0.2) is 0 Å². The minimum absolute atomic E-state index is 0.0791. The molecule has 1 aromatic rings. The fourth-order valence-corrected chi connectivity index (χ4v) is 2.25. The van der Waals surface area contributed by atoms with E-state index in [4.69, 9.17) is 5.73 Å². The van der Waals surface area contributed by atoms with Gasteiger partial charge in [-0.1, -0.05) is 13.8 Å². The molecular formula is C11H17N3. The average Bonchev–Trinajstić information content (AvgIpc) is 2.05. The summed E-state index contributed by atoms with van der Waals surface area (Å²) in [4.78, 5) is 8.65. The smallest absolute Gasteiger partial charge is 0.125 e. The van der Waals surface area contributed by atoms with E-state index < -0.39 is 0 Å². The molecule has 0 saturated carbocycles. The Labute approximate surface area is 84.8 Å². The zero-order valence-corrected chi connectivity index (χ0v) is 9.04. The minimum atomic E-state index is 0.0791. The molecule has 1 unspecified atom stereocenters. The van der Waals surface area contributed by atoms with E-state index in [-0.39, 0.29) is 11.5 Å². The maximum Gasteiger partial charge on any atom is 0.125 e. The van der Waals surface area contributed by atoms with Crippen molar-refractivity contribution in [2.45, 2.75) is 39.7 Å². The molecule has 2 N–H and O–H groups in total. The van der Waals surface area contributed by atoms with Gasteiger partial charge >= 0.3 is 0 Å². The number of hydrogen-bond acceptors (Lipinski definition) is 3. The summed E-state index contributed by atoms with van der Waals surface area (Å²) in [5.74, 6) is 0.818. The van der Waals surface area contributed by atoms with Crippen molar-refractivity contribution in [1.82, 2.24) is 9.97 Å². The third-order valence-electron chi connectivity index (χ3n) is 2.81. The number of rotatable bonds is 0. The molecule has 1 heterocycles. The van der Waals surface area contributed by atoms with Gasteiger partial charge in [0.2, 0.25) is 0 Å². The lowest BCUT2D eigenvalue weighted by atomic mass is 9.74. The molecule has 0 spiro atoms. The number of nitrogens with zero attached hydrogens (tertiary/aromatic N) is 2. The number of aromatic nitrogens is 2. The zero-order chi connectivity index (χ0) is 10.3. The van der Waals surface area contributed by atoms with Crippen molar-refractivity contribution in [3.8, 4) is 0 Å². The van der Waals surface area contributed by atoms with Crippen molar-refractivity contribution in [2.75, 3.05) is 0 Å². The molecule has 0 aliphatic heterocycles. The highest BCUT2D eigenvalue weighted by Gasteiger charge is 2.31. The predicted octanol–water partition coefficient (Wildman–Crippen LogP) is 1.76. The van der Waals surface area contributed by atoms with E-state index in [1.807, 2.05) is 13.1 Å². The Bertz CT molecular complexity index is 358. The minimum Gasteiger partial charge on any atom is -0.323 e. The Morgan fingerprint density at radius 1 is 1.50 bits per heavy atom. The van der Waals surface area contributed by atoms with Gasteiger partial charge in [-0.25, -0.2) is 9.97 Å². The van der Waals surface area contributed by atoms with Crippen LogP contribution in [0.2, 0.25) is 0 Å². The highest BCUT2D eigenvalue weighted by Crippen LogP contribution is 2.38. The van der Waals surface area contributed by atoms with E-state index in [1.54, 1.807) is 0 Å². The lowest BCUT2D eigenvalue weighted by Crippen LogP contribution is -2.31. The molecule has 0 fully saturated rings. The lowest BCUT2D eigenvalue weighted by Gasteiger charge is -2.34. The molecule has 14 heavy (non-hydrogen) atoms. The van der Waals surface area contributed by atoms with Gasteiger partial charge in [-0.05, 0) is 30.7 Å². The maximum absolute atomic E-state index is 6.10. The topological polar surface area (TPSA) is 51.8 Å². The number of fused-ring (bicyclic) bond motifs is 1. The molecule has 1 aliphatic carbocycles. The molecular weight excluding hydrogens is 174 g/mol. The van der Waals surface area contributed by atoms with Crippen LogP contribution >= 0.6 is 0 Å². The average molecular weight is 191 g/mol. The highest BCUT2D eigenvalue weighted by atomic mass is 14.9. The van der Waals surface area contributed by atoms with Gasteiger partial charge in [-0.15, -0.1) is 0 Å². The van der Waals surface area contributed by atoms with Crippen molar-refractivity contribution >= 4 is 0 Å². The lowest BCUT2D eigenvalue weighted by molar-refractivity contribution is 0.278. The van der Waals surface area contributed by atoms with Crippen molar-refractivity contribution < 1.29 is 0 Å². The summed E-state index contributed by atoms with van der Waals surface area (Å²) in [5, 5.41) is 0. The first-order valence-electron chi connectivity index (χ1n) is 5.06. The van der Waals surface area contributed by atoms with Crippen LogP contribution in [0.4, 0.5) is 0 Å². The Balaban J connectivity index is 2.45. The number of aryl methyl sites for hydroxylation is 1. The van der Waals surface area contributed by atoms with Crippen LogP contribution in [0.1, 0.15) is 43.4 Å². The molecule has 1 atom stereocenters. The molecule has 3 heteroatoms. The summed E-state index contributed by atoms with van der Waals surface area (Å²) in [5.41, 5.74) is 8.66. The van der Waals surface area contributed by atoms with Gasteiger partial charge < -0.3 is 5.73 Å². The van der Waals surface area contributed by atoms with Gasteiger partial charge in [0, 0.05) is 12.2 Å². The van der Waals surface area contributed by atoms with Crippen LogP contribution in [0.3, 0.4) is 0 Å². The van der Waals surface area contributed by atoms with E-state index in [0.717, 1.165) is 24.4 Å². The van der Waals surface area contributed by atoms with Crippen LogP contribution in [-0.2, 0) is 6.42 Å². The van der Waals surface area contributed by atoms with Crippen molar-refractivity contribution in [3.63, 3.8) is 0 Å². The van der Waals surface area contributed by atoms with Gasteiger partial charge in [-0.3, -0.25) is 0 Å². The number of nitrogens with two attached hydrogens (primary N) is 1. The Kier molecular flexibility index (Phi) is 2.07. The van der Waals surface area contributed by atoms with Crippen LogP contribution in [0.25, 0.3) is 0 Å². The molecule has 0 aromatic carbocycles. The standard InChI is InChI=1S/C11H17N3/c1-7-13-6-8-4-11(2,3)5-9(12)10(8)14-7/h6,9H,4-5,12H2,1-3H3. The van der Waals surface area contributed by atoms with Crippen LogP contribution < -0.4 is 5.73 Å². The molecule has 1 aliphatic rings. The molecule has 2 rings (SSSR count). The van der Waals surface area contributed by atoms with E-state index in [9.17, 15) is 0 Å². The molecule has 0 amide bonds. The monoisotopic (exact) mass is 191 g/mol. The molecule has 3 nitrogen and oxygen atoms in total. The third-order valence-corrected chi connectivity index (χ3v) is 2.81. The first kappa shape index (κ1) is 9.59. The van der Waals surface area contributed by atoms with Gasteiger partial charge in [0.25, 0.3) is 0 Å². The Morgan fingerprint density at radius 2 is 2.21 bits per heavy atom. The SMILES string of the molecule is Cc1ncc2c(n1)C(N)CC(C)(C)C2. The van der Waals surface area contributed by atoms with Crippen molar-refractivity contribution in [1.29, 1.82) is 0 Å². The van der Waals surface area contributed by atoms with Crippen LogP contribution in [0.5, 0.6) is 0 Å². The first-order valence-corrected chi connectivity index (χ1v) is 5.06. The fraction of sp³-hybridized carbons (Fsp3) is 0.636. The second-order valence-corrected chi connectivity index (χ2v) is 4.98. The van der Waals surface area contributed by atoms with Crippen LogP contribution in [0, 0.1) is 12.3 Å². The normalized spacial score (nSPS) is 24.4. The van der Waals surface area contributed by atoms with Crippen LogP contribution in [-0.4, -0.2) is 9.97 Å². The third kappa shape index (κ3) is 1.64. The molecule has 0 radical (unpaired) electrons. The Hall–Kier alpha value is -0.960. The summed E-state index contributed by atoms with van der Waals surface area (Å²) in [6.45, 7) is 6.40. The van der Waals surface area contributed by atoms with Gasteiger partial charge in [-0.2, -0.15) is 0 Å². The zero-order valence-electron chi connectivity index (χ0n) is 9.04. The summed E-state index contributed by atoms with van der Waals surface area (Å²) in [6, 6.07) is 0.0791. The maximum atomic E-state index is 6.10. The summed E-state index contributed by atoms with van der Waals surface area (Å²) < 4.78 is 0. The molecule has 0 saturated heterocycles. The first-order chi connectivity index (χ1) is 6.48. The summed E-state index contributed by atoms with van der Waals surface area (Å²) >= 11 is 0. The fourth-order valence-electron chi connectivity index (χ4n) is 2.25. The van der Waals surface area contributed by atoms with E-state index >= 15 is 0 Å². The van der Waals surface area contributed by atoms with Crippen molar-refractivity contribution in [2.24, 2.45) is 11.1 Å². The second kappa shape index (κ2) is 3.02.